The Bertz CT molecular complexity index is 737. The summed E-state index contributed by atoms with van der Waals surface area (Å²) < 4.78 is 5.11. The highest BCUT2D eigenvalue weighted by Gasteiger charge is 2.23. The molecule has 1 aliphatic heterocycles. The van der Waals surface area contributed by atoms with Crippen molar-refractivity contribution in [2.24, 2.45) is 4.99 Å². The molecule has 0 radical (unpaired) electrons. The fourth-order valence-electron chi connectivity index (χ4n) is 1.96. The average molecular weight is 310 g/mol. The predicted molar refractivity (Wildman–Crippen MR) is 90.2 cm³/mol. The number of carbonyl (C=O) groups is 1. The largest absolute Gasteiger partial charge is 0.497 e. The molecule has 1 saturated heterocycles. The number of benzene rings is 2. The number of ether oxygens (including phenoxy) is 1. The summed E-state index contributed by atoms with van der Waals surface area (Å²) in [5.41, 5.74) is 1.76. The minimum atomic E-state index is -0.124. The number of methoxy groups -OCH3 is 1. The van der Waals surface area contributed by atoms with Crippen LogP contribution in [0.1, 0.15) is 5.56 Å². The number of amidine groups is 1. The lowest BCUT2D eigenvalue weighted by molar-refractivity contribution is -0.115. The molecule has 4 nitrogen and oxygen atoms in total. The summed E-state index contributed by atoms with van der Waals surface area (Å²) in [6, 6.07) is 17.1. The maximum atomic E-state index is 12.0. The van der Waals surface area contributed by atoms with Crippen LogP contribution < -0.4 is 10.1 Å². The van der Waals surface area contributed by atoms with Gasteiger partial charge in [0.15, 0.2) is 5.17 Å². The van der Waals surface area contributed by atoms with E-state index in [4.69, 9.17) is 4.74 Å². The van der Waals surface area contributed by atoms with Crippen LogP contribution in [0.25, 0.3) is 6.08 Å². The summed E-state index contributed by atoms with van der Waals surface area (Å²) in [5, 5.41) is 3.36. The fourth-order valence-corrected chi connectivity index (χ4v) is 2.80. The lowest BCUT2D eigenvalue weighted by Crippen LogP contribution is -2.19. The van der Waals surface area contributed by atoms with Crippen LogP contribution >= 0.6 is 11.8 Å². The van der Waals surface area contributed by atoms with Gasteiger partial charge in [0.25, 0.3) is 5.91 Å². The number of hydrogen-bond donors (Lipinski definition) is 1. The molecule has 0 saturated carbocycles. The lowest BCUT2D eigenvalue weighted by Gasteiger charge is -1.99. The Morgan fingerprint density at radius 1 is 1.09 bits per heavy atom. The molecule has 1 amide bonds. The summed E-state index contributed by atoms with van der Waals surface area (Å²) in [6.07, 6.45) is 1.86. The van der Waals surface area contributed by atoms with Gasteiger partial charge in [-0.3, -0.25) is 4.79 Å². The Hall–Kier alpha value is -2.53. The van der Waals surface area contributed by atoms with Crippen molar-refractivity contribution in [1.82, 2.24) is 5.32 Å². The molecule has 22 heavy (non-hydrogen) atoms. The molecule has 3 rings (SSSR count). The second kappa shape index (κ2) is 6.49. The van der Waals surface area contributed by atoms with Gasteiger partial charge in [0, 0.05) is 0 Å². The van der Waals surface area contributed by atoms with Gasteiger partial charge in [0.2, 0.25) is 0 Å². The molecule has 0 aliphatic carbocycles. The molecule has 0 spiro atoms. The number of hydrogen-bond acceptors (Lipinski definition) is 4. The number of carbonyl (C=O) groups excluding carboxylic acids is 1. The standard InChI is InChI=1S/C17H14N2O2S/c1-21-14-9-7-13(8-10-14)18-17-19-16(20)15(22-17)11-12-5-3-2-4-6-12/h2-11H,1H3,(H,18,19,20)/b15-11+. The van der Waals surface area contributed by atoms with Crippen LogP contribution in [0.3, 0.4) is 0 Å². The Morgan fingerprint density at radius 2 is 1.82 bits per heavy atom. The van der Waals surface area contributed by atoms with Crippen LogP contribution in [0.5, 0.6) is 5.75 Å². The number of aliphatic imine (C=N–C) groups is 1. The number of rotatable bonds is 3. The van der Waals surface area contributed by atoms with Crippen molar-refractivity contribution in [2.45, 2.75) is 0 Å². The predicted octanol–water partition coefficient (Wildman–Crippen LogP) is 3.59. The number of thioether (sulfide) groups is 1. The SMILES string of the molecule is COc1ccc(N=C2NC(=O)/C(=C\c3ccccc3)S2)cc1. The molecule has 1 aliphatic rings. The first kappa shape index (κ1) is 14.4. The molecule has 2 aromatic carbocycles. The summed E-state index contributed by atoms with van der Waals surface area (Å²) >= 11 is 1.34. The molecule has 110 valence electrons. The molecule has 1 heterocycles. The van der Waals surface area contributed by atoms with Crippen molar-refractivity contribution in [1.29, 1.82) is 0 Å². The third kappa shape index (κ3) is 3.38. The van der Waals surface area contributed by atoms with E-state index in [0.29, 0.717) is 10.1 Å². The minimum absolute atomic E-state index is 0.124. The molecule has 5 heteroatoms. The zero-order valence-corrected chi connectivity index (χ0v) is 12.8. The maximum absolute atomic E-state index is 12.0. The quantitative estimate of drug-likeness (QED) is 0.882. The van der Waals surface area contributed by atoms with Crippen molar-refractivity contribution in [2.75, 3.05) is 7.11 Å². The third-order valence-electron chi connectivity index (χ3n) is 3.05. The van der Waals surface area contributed by atoms with Crippen molar-refractivity contribution >= 4 is 34.6 Å². The van der Waals surface area contributed by atoms with E-state index >= 15 is 0 Å². The van der Waals surface area contributed by atoms with Gasteiger partial charge in [-0.25, -0.2) is 4.99 Å². The molecule has 0 bridgehead atoms. The highest BCUT2D eigenvalue weighted by Crippen LogP contribution is 2.28. The second-order valence-electron chi connectivity index (χ2n) is 4.59. The Labute approximate surface area is 132 Å². The van der Waals surface area contributed by atoms with Crippen molar-refractivity contribution < 1.29 is 9.53 Å². The van der Waals surface area contributed by atoms with Gasteiger partial charge in [-0.15, -0.1) is 0 Å². The van der Waals surface area contributed by atoms with E-state index in [2.05, 4.69) is 10.3 Å². The van der Waals surface area contributed by atoms with Crippen LogP contribution in [0.2, 0.25) is 0 Å². The topological polar surface area (TPSA) is 50.7 Å². The lowest BCUT2D eigenvalue weighted by atomic mass is 10.2. The van der Waals surface area contributed by atoms with Gasteiger partial charge in [0.05, 0.1) is 17.7 Å². The van der Waals surface area contributed by atoms with E-state index in [0.717, 1.165) is 17.0 Å². The van der Waals surface area contributed by atoms with Crippen molar-refractivity contribution in [3.8, 4) is 5.75 Å². The number of nitrogens with zero attached hydrogens (tertiary/aromatic N) is 1. The van der Waals surface area contributed by atoms with Crippen molar-refractivity contribution in [3.05, 3.63) is 65.1 Å². The molecule has 1 fully saturated rings. The molecular weight excluding hydrogens is 296 g/mol. The number of nitrogens with one attached hydrogen (secondary N) is 1. The van der Waals surface area contributed by atoms with E-state index in [1.54, 1.807) is 7.11 Å². The second-order valence-corrected chi connectivity index (χ2v) is 5.62. The summed E-state index contributed by atoms with van der Waals surface area (Å²) in [7, 11) is 1.62. The van der Waals surface area contributed by atoms with E-state index in [1.807, 2.05) is 60.7 Å². The van der Waals surface area contributed by atoms with E-state index < -0.39 is 0 Å². The molecule has 2 aromatic rings. The summed E-state index contributed by atoms with van der Waals surface area (Å²) in [5.74, 6) is 0.651. The van der Waals surface area contributed by atoms with Crippen LogP contribution in [-0.2, 0) is 4.79 Å². The first-order chi connectivity index (χ1) is 10.7. The van der Waals surface area contributed by atoms with Gasteiger partial charge < -0.3 is 10.1 Å². The highest BCUT2D eigenvalue weighted by atomic mass is 32.2. The maximum Gasteiger partial charge on any atom is 0.264 e. The summed E-state index contributed by atoms with van der Waals surface area (Å²) in [4.78, 5) is 17.0. The Kier molecular flexibility index (Phi) is 4.25. The normalized spacial score (nSPS) is 17.8. The smallest absolute Gasteiger partial charge is 0.264 e. The van der Waals surface area contributed by atoms with Gasteiger partial charge in [-0.05, 0) is 47.7 Å². The number of amides is 1. The zero-order chi connectivity index (χ0) is 15.4. The van der Waals surface area contributed by atoms with Crippen LogP contribution in [0, 0.1) is 0 Å². The first-order valence-electron chi connectivity index (χ1n) is 6.73. The molecule has 0 atom stereocenters. The fraction of sp³-hybridized carbons (Fsp3) is 0.0588. The summed E-state index contributed by atoms with van der Waals surface area (Å²) in [6.45, 7) is 0. The third-order valence-corrected chi connectivity index (χ3v) is 3.96. The zero-order valence-electron chi connectivity index (χ0n) is 11.9. The minimum Gasteiger partial charge on any atom is -0.497 e. The first-order valence-corrected chi connectivity index (χ1v) is 7.55. The Balaban J connectivity index is 1.79. The molecular formula is C17H14N2O2S. The van der Waals surface area contributed by atoms with E-state index in [1.165, 1.54) is 11.8 Å². The van der Waals surface area contributed by atoms with Crippen LogP contribution in [-0.4, -0.2) is 18.2 Å². The monoisotopic (exact) mass is 310 g/mol. The van der Waals surface area contributed by atoms with E-state index in [9.17, 15) is 4.79 Å². The van der Waals surface area contributed by atoms with E-state index in [-0.39, 0.29) is 5.91 Å². The molecule has 1 N–H and O–H groups in total. The van der Waals surface area contributed by atoms with Gasteiger partial charge in [-0.1, -0.05) is 30.3 Å². The average Bonchev–Trinajstić information content (AvgIpc) is 2.88. The highest BCUT2D eigenvalue weighted by molar-refractivity contribution is 8.18. The Morgan fingerprint density at radius 3 is 2.50 bits per heavy atom. The van der Waals surface area contributed by atoms with Gasteiger partial charge >= 0.3 is 0 Å². The van der Waals surface area contributed by atoms with Crippen LogP contribution in [0.4, 0.5) is 5.69 Å². The van der Waals surface area contributed by atoms with Crippen LogP contribution in [0.15, 0.2) is 64.5 Å². The molecule has 0 unspecified atom stereocenters. The van der Waals surface area contributed by atoms with Gasteiger partial charge in [0.1, 0.15) is 5.75 Å². The molecule has 0 aromatic heterocycles. The van der Waals surface area contributed by atoms with Gasteiger partial charge in [-0.2, -0.15) is 0 Å². The van der Waals surface area contributed by atoms with Crippen molar-refractivity contribution in [3.63, 3.8) is 0 Å².